The molecule has 1 atom stereocenters. The van der Waals surface area contributed by atoms with Gasteiger partial charge in [0.25, 0.3) is 0 Å². The third kappa shape index (κ3) is 4.06. The van der Waals surface area contributed by atoms with Crippen molar-refractivity contribution in [2.75, 3.05) is 33.0 Å². The number of rotatable bonds is 4. The lowest BCUT2D eigenvalue weighted by molar-refractivity contribution is -0.125. The molecule has 0 saturated carbocycles. The summed E-state index contributed by atoms with van der Waals surface area (Å²) in [6.45, 7) is 4.76. The molecule has 1 aromatic heterocycles. The number of likely N-dealkylation sites (tertiary alicyclic amines) is 1. The van der Waals surface area contributed by atoms with Gasteiger partial charge in [0.05, 0.1) is 20.3 Å². The predicted molar refractivity (Wildman–Crippen MR) is 103 cm³/mol. The van der Waals surface area contributed by atoms with Crippen LogP contribution in [0, 0.1) is 11.8 Å². The van der Waals surface area contributed by atoms with Crippen LogP contribution >= 0.6 is 0 Å². The van der Waals surface area contributed by atoms with Gasteiger partial charge >= 0.3 is 0 Å². The second-order valence-electron chi connectivity index (χ2n) is 6.18. The van der Waals surface area contributed by atoms with E-state index in [0.717, 1.165) is 12.0 Å². The number of benzene rings is 1. The number of anilines is 1. The highest BCUT2D eigenvalue weighted by Gasteiger charge is 2.27. The zero-order valence-electron chi connectivity index (χ0n) is 15.4. The van der Waals surface area contributed by atoms with E-state index in [1.165, 1.54) is 6.08 Å². The van der Waals surface area contributed by atoms with E-state index in [1.807, 2.05) is 12.1 Å². The van der Waals surface area contributed by atoms with Crippen molar-refractivity contribution in [1.29, 1.82) is 0 Å². The fourth-order valence-corrected chi connectivity index (χ4v) is 3.05. The molecule has 7 heteroatoms. The van der Waals surface area contributed by atoms with Gasteiger partial charge in [-0.2, -0.15) is 5.10 Å². The fraction of sp³-hybridized carbons (Fsp3) is 0.300. The Balaban J connectivity index is 1.80. The summed E-state index contributed by atoms with van der Waals surface area (Å²) in [5, 5.41) is 4.50. The lowest BCUT2D eigenvalue weighted by atomic mass is 10.2. The average molecular weight is 366 g/mol. The lowest BCUT2D eigenvalue weighted by Crippen LogP contribution is -2.27. The Morgan fingerprint density at radius 2 is 1.96 bits per heavy atom. The van der Waals surface area contributed by atoms with Crippen molar-refractivity contribution in [2.24, 2.45) is 0 Å². The molecule has 2 heterocycles. The molecule has 3 rings (SSSR count). The van der Waals surface area contributed by atoms with E-state index in [0.29, 0.717) is 36.1 Å². The highest BCUT2D eigenvalue weighted by molar-refractivity contribution is 5.87. The molecule has 2 N–H and O–H groups in total. The SMILES string of the molecule is C=CC(=O)N1CC[C@H](n2nc(C#Cc3cc(OC)cc(OC)c3)cc2N)C1. The van der Waals surface area contributed by atoms with Crippen molar-refractivity contribution in [3.63, 3.8) is 0 Å². The third-order valence-corrected chi connectivity index (χ3v) is 4.45. The summed E-state index contributed by atoms with van der Waals surface area (Å²) >= 11 is 0. The van der Waals surface area contributed by atoms with Gasteiger partial charge in [0.1, 0.15) is 23.0 Å². The van der Waals surface area contributed by atoms with Crippen LogP contribution in [-0.2, 0) is 4.79 Å². The first-order valence-electron chi connectivity index (χ1n) is 8.55. The van der Waals surface area contributed by atoms with Gasteiger partial charge in [-0.3, -0.25) is 4.79 Å². The number of nitrogens with two attached hydrogens (primary N) is 1. The van der Waals surface area contributed by atoms with Gasteiger partial charge < -0.3 is 20.1 Å². The van der Waals surface area contributed by atoms with Gasteiger partial charge in [-0.1, -0.05) is 12.5 Å². The zero-order valence-corrected chi connectivity index (χ0v) is 15.4. The first-order chi connectivity index (χ1) is 13.0. The van der Waals surface area contributed by atoms with Crippen molar-refractivity contribution in [3.05, 3.63) is 48.2 Å². The van der Waals surface area contributed by atoms with Crippen LogP contribution in [0.1, 0.15) is 23.7 Å². The molecule has 1 aliphatic rings. The average Bonchev–Trinajstić information content (AvgIpc) is 3.31. The number of aromatic nitrogens is 2. The molecule has 1 fully saturated rings. The van der Waals surface area contributed by atoms with Crippen LogP contribution in [0.2, 0.25) is 0 Å². The highest BCUT2D eigenvalue weighted by Crippen LogP contribution is 2.25. The first kappa shape index (κ1) is 18.4. The molecule has 0 spiro atoms. The summed E-state index contributed by atoms with van der Waals surface area (Å²) in [7, 11) is 3.19. The zero-order chi connectivity index (χ0) is 19.4. The topological polar surface area (TPSA) is 82.6 Å². The van der Waals surface area contributed by atoms with E-state index < -0.39 is 0 Å². The number of ether oxygens (including phenoxy) is 2. The number of methoxy groups -OCH3 is 2. The molecule has 1 aliphatic heterocycles. The smallest absolute Gasteiger partial charge is 0.246 e. The van der Waals surface area contributed by atoms with Gasteiger partial charge in [0.15, 0.2) is 0 Å². The van der Waals surface area contributed by atoms with Crippen molar-refractivity contribution in [2.45, 2.75) is 12.5 Å². The maximum atomic E-state index is 11.7. The molecular formula is C20H22N4O3. The Bertz CT molecular complexity index is 901. The Labute approximate surface area is 158 Å². The molecule has 140 valence electrons. The summed E-state index contributed by atoms with van der Waals surface area (Å²) in [6.07, 6.45) is 2.12. The van der Waals surface area contributed by atoms with Crippen LogP contribution in [0.15, 0.2) is 36.9 Å². The van der Waals surface area contributed by atoms with Crippen LogP contribution in [0.4, 0.5) is 5.82 Å². The Kier molecular flexibility index (Phi) is 5.36. The van der Waals surface area contributed by atoms with Crippen molar-refractivity contribution >= 4 is 11.7 Å². The number of hydrogen-bond donors (Lipinski definition) is 1. The van der Waals surface area contributed by atoms with E-state index in [9.17, 15) is 4.79 Å². The van der Waals surface area contributed by atoms with Gasteiger partial charge in [0.2, 0.25) is 5.91 Å². The normalized spacial score (nSPS) is 15.8. The predicted octanol–water partition coefficient (Wildman–Crippen LogP) is 1.84. The largest absolute Gasteiger partial charge is 0.497 e. The summed E-state index contributed by atoms with van der Waals surface area (Å²) < 4.78 is 12.2. The summed E-state index contributed by atoms with van der Waals surface area (Å²) in [6, 6.07) is 7.22. The van der Waals surface area contributed by atoms with E-state index in [2.05, 4.69) is 23.5 Å². The monoisotopic (exact) mass is 366 g/mol. The van der Waals surface area contributed by atoms with Crippen molar-refractivity contribution in [1.82, 2.24) is 14.7 Å². The minimum atomic E-state index is -0.0739. The molecular weight excluding hydrogens is 344 g/mol. The molecule has 2 aromatic rings. The first-order valence-corrected chi connectivity index (χ1v) is 8.55. The van der Waals surface area contributed by atoms with Crippen LogP contribution in [0.25, 0.3) is 0 Å². The Morgan fingerprint density at radius 3 is 2.59 bits per heavy atom. The molecule has 0 unspecified atom stereocenters. The Hall–Kier alpha value is -3.40. The van der Waals surface area contributed by atoms with E-state index >= 15 is 0 Å². The van der Waals surface area contributed by atoms with Crippen molar-refractivity contribution < 1.29 is 14.3 Å². The number of carbonyl (C=O) groups excluding carboxylic acids is 1. The molecule has 0 aliphatic carbocycles. The summed E-state index contributed by atoms with van der Waals surface area (Å²) in [5.41, 5.74) is 7.43. The summed E-state index contributed by atoms with van der Waals surface area (Å²) in [4.78, 5) is 13.5. The van der Waals surface area contributed by atoms with Crippen LogP contribution < -0.4 is 15.2 Å². The van der Waals surface area contributed by atoms with Crippen LogP contribution in [0.3, 0.4) is 0 Å². The van der Waals surface area contributed by atoms with Crippen molar-refractivity contribution in [3.8, 4) is 23.3 Å². The molecule has 7 nitrogen and oxygen atoms in total. The third-order valence-electron chi connectivity index (χ3n) is 4.45. The quantitative estimate of drug-likeness (QED) is 0.659. The van der Waals surface area contributed by atoms with E-state index in [4.69, 9.17) is 15.2 Å². The van der Waals surface area contributed by atoms with Gasteiger partial charge in [-0.05, 0) is 30.6 Å². The maximum absolute atomic E-state index is 11.7. The lowest BCUT2D eigenvalue weighted by Gasteiger charge is -2.15. The second kappa shape index (κ2) is 7.87. The maximum Gasteiger partial charge on any atom is 0.246 e. The molecule has 1 aromatic carbocycles. The second-order valence-corrected chi connectivity index (χ2v) is 6.18. The van der Waals surface area contributed by atoms with Gasteiger partial charge in [-0.15, -0.1) is 0 Å². The summed E-state index contributed by atoms with van der Waals surface area (Å²) in [5.74, 6) is 7.87. The van der Waals surface area contributed by atoms with E-state index in [-0.39, 0.29) is 11.9 Å². The van der Waals surface area contributed by atoms with Crippen LogP contribution in [0.5, 0.6) is 11.5 Å². The molecule has 27 heavy (non-hydrogen) atoms. The number of nitrogen functional groups attached to an aromatic ring is 1. The fourth-order valence-electron chi connectivity index (χ4n) is 3.05. The van der Waals surface area contributed by atoms with Gasteiger partial charge in [-0.25, -0.2) is 4.68 Å². The van der Waals surface area contributed by atoms with Crippen LogP contribution in [-0.4, -0.2) is 47.9 Å². The number of nitrogens with zero attached hydrogens (tertiary/aromatic N) is 3. The Morgan fingerprint density at radius 1 is 1.26 bits per heavy atom. The highest BCUT2D eigenvalue weighted by atomic mass is 16.5. The number of amides is 1. The number of hydrogen-bond acceptors (Lipinski definition) is 5. The molecule has 0 radical (unpaired) electrons. The standard InChI is InChI=1S/C20H22N4O3/c1-4-20(25)23-8-7-16(13-23)24-19(21)11-15(22-24)6-5-14-9-17(26-2)12-18(10-14)27-3/h4,9-12,16H,1,7-8,13,21H2,2-3H3/t16-/m0/s1. The van der Waals surface area contributed by atoms with Gasteiger partial charge in [0, 0.05) is 30.8 Å². The number of carbonyl (C=O) groups is 1. The minimum Gasteiger partial charge on any atom is -0.497 e. The molecule has 1 amide bonds. The molecule has 1 saturated heterocycles. The van der Waals surface area contributed by atoms with E-state index in [1.54, 1.807) is 35.9 Å². The minimum absolute atomic E-state index is 0.0429. The molecule has 0 bridgehead atoms.